The lowest BCUT2D eigenvalue weighted by Gasteiger charge is -2.09. The van der Waals surface area contributed by atoms with Crippen LogP contribution in [-0.2, 0) is 16.6 Å². The second-order valence-corrected chi connectivity index (χ2v) is 9.87. The zero-order valence-electron chi connectivity index (χ0n) is 10.8. The molecule has 0 aliphatic carbocycles. The Morgan fingerprint density at radius 2 is 2.10 bits per heavy atom. The number of hydrogen-bond donors (Lipinski definition) is 2. The summed E-state index contributed by atoms with van der Waals surface area (Å²) in [5, 5.41) is 3.36. The van der Waals surface area contributed by atoms with Crippen molar-refractivity contribution in [3.63, 3.8) is 0 Å². The van der Waals surface area contributed by atoms with Gasteiger partial charge in [0.25, 0.3) is 10.0 Å². The average Bonchev–Trinajstić information content (AvgIpc) is 2.75. The lowest BCUT2D eigenvalue weighted by atomic mass is 10.3. The number of anilines is 1. The van der Waals surface area contributed by atoms with Crippen LogP contribution in [0.2, 0.25) is 5.02 Å². The second-order valence-electron chi connectivity index (χ2n) is 4.11. The van der Waals surface area contributed by atoms with Crippen LogP contribution in [0.5, 0.6) is 0 Å². The third-order valence-corrected chi connectivity index (χ3v) is 7.12. The van der Waals surface area contributed by atoms with Crippen LogP contribution in [0.15, 0.2) is 32.9 Å². The maximum atomic E-state index is 12.5. The van der Waals surface area contributed by atoms with Crippen LogP contribution >= 0.6 is 61.5 Å². The Labute approximate surface area is 154 Å². The molecule has 4 nitrogen and oxygen atoms in total. The van der Waals surface area contributed by atoms with Gasteiger partial charge in [-0.1, -0.05) is 11.6 Å². The van der Waals surface area contributed by atoms with Crippen molar-refractivity contribution in [2.75, 3.05) is 11.8 Å². The summed E-state index contributed by atoms with van der Waals surface area (Å²) in [4.78, 5) is 1.14. The summed E-state index contributed by atoms with van der Waals surface area (Å²) in [6.07, 6.45) is 0. The molecule has 9 heteroatoms. The van der Waals surface area contributed by atoms with E-state index >= 15 is 0 Å². The van der Waals surface area contributed by atoms with Crippen molar-refractivity contribution in [2.24, 2.45) is 0 Å². The van der Waals surface area contributed by atoms with Crippen molar-refractivity contribution in [3.8, 4) is 0 Å². The third kappa shape index (κ3) is 4.32. The smallest absolute Gasteiger partial charge is 0.263 e. The van der Waals surface area contributed by atoms with Crippen molar-refractivity contribution in [1.29, 1.82) is 0 Å². The molecule has 1 aromatic carbocycles. The Bertz CT molecular complexity index is 765. The van der Waals surface area contributed by atoms with Crippen LogP contribution < -0.4 is 10.0 Å². The van der Waals surface area contributed by atoms with E-state index in [1.165, 1.54) is 11.3 Å². The molecule has 0 saturated heterocycles. The topological polar surface area (TPSA) is 58.2 Å². The van der Waals surface area contributed by atoms with E-state index in [9.17, 15) is 8.42 Å². The highest BCUT2D eigenvalue weighted by Gasteiger charge is 2.21. The van der Waals surface area contributed by atoms with Crippen LogP contribution in [-0.4, -0.2) is 15.5 Å². The summed E-state index contributed by atoms with van der Waals surface area (Å²) in [7, 11) is -1.87. The molecule has 2 aromatic rings. The number of nitrogens with one attached hydrogen (secondary N) is 2. The molecule has 0 fully saturated rings. The number of halogens is 3. The Balaban J connectivity index is 2.34. The standard InChI is InChI=1S/C12H11BrClIN2O2S2/c1-16-6-8-5-11(12(13)20-8)21(18,19)17-10-3-2-7(15)4-9(10)14/h2-5,16-17H,6H2,1H3. The van der Waals surface area contributed by atoms with Crippen LogP contribution in [0.3, 0.4) is 0 Å². The van der Waals surface area contributed by atoms with Gasteiger partial charge in [0.1, 0.15) is 4.90 Å². The van der Waals surface area contributed by atoms with E-state index in [-0.39, 0.29) is 4.90 Å². The summed E-state index contributed by atoms with van der Waals surface area (Å²) in [6.45, 7) is 0.614. The van der Waals surface area contributed by atoms with Gasteiger partial charge in [-0.15, -0.1) is 11.3 Å². The van der Waals surface area contributed by atoms with Crippen molar-refractivity contribution in [3.05, 3.63) is 41.5 Å². The Hall–Kier alpha value is 0.130. The highest BCUT2D eigenvalue weighted by Crippen LogP contribution is 2.34. The Morgan fingerprint density at radius 3 is 2.71 bits per heavy atom. The van der Waals surface area contributed by atoms with Gasteiger partial charge in [0.05, 0.1) is 14.5 Å². The normalized spacial score (nSPS) is 11.6. The molecule has 2 rings (SSSR count). The summed E-state index contributed by atoms with van der Waals surface area (Å²) in [5.74, 6) is 0. The summed E-state index contributed by atoms with van der Waals surface area (Å²) < 4.78 is 29.0. The number of hydrogen-bond acceptors (Lipinski definition) is 4. The molecule has 0 radical (unpaired) electrons. The molecule has 0 aliphatic rings. The highest BCUT2D eigenvalue weighted by molar-refractivity contribution is 14.1. The Kier molecular flexibility index (Phi) is 5.94. The first-order valence-electron chi connectivity index (χ1n) is 5.74. The van der Waals surface area contributed by atoms with Gasteiger partial charge in [0.15, 0.2) is 0 Å². The third-order valence-electron chi connectivity index (χ3n) is 2.52. The van der Waals surface area contributed by atoms with E-state index < -0.39 is 10.0 Å². The highest BCUT2D eigenvalue weighted by atomic mass is 127. The van der Waals surface area contributed by atoms with E-state index in [0.29, 0.717) is 21.0 Å². The molecule has 21 heavy (non-hydrogen) atoms. The molecule has 1 aromatic heterocycles. The van der Waals surface area contributed by atoms with E-state index in [2.05, 4.69) is 48.6 Å². The van der Waals surface area contributed by atoms with Gasteiger partial charge in [-0.05, 0) is 69.8 Å². The van der Waals surface area contributed by atoms with Gasteiger partial charge < -0.3 is 5.32 Å². The zero-order chi connectivity index (χ0) is 15.6. The van der Waals surface area contributed by atoms with Gasteiger partial charge in [0.2, 0.25) is 0 Å². The van der Waals surface area contributed by atoms with E-state index in [1.807, 2.05) is 7.05 Å². The maximum Gasteiger partial charge on any atom is 0.263 e. The molecule has 2 N–H and O–H groups in total. The summed E-state index contributed by atoms with van der Waals surface area (Å²) in [6, 6.07) is 6.79. The molecule has 0 bridgehead atoms. The molecular formula is C12H11BrClIN2O2S2. The summed E-state index contributed by atoms with van der Waals surface area (Å²) in [5.41, 5.74) is 0.366. The van der Waals surface area contributed by atoms with Gasteiger partial charge in [0, 0.05) is 15.0 Å². The monoisotopic (exact) mass is 520 g/mol. The van der Waals surface area contributed by atoms with E-state index in [4.69, 9.17) is 11.6 Å². The first-order chi connectivity index (χ1) is 9.83. The van der Waals surface area contributed by atoms with Crippen molar-refractivity contribution < 1.29 is 8.42 Å². The lowest BCUT2D eigenvalue weighted by molar-refractivity contribution is 0.601. The Morgan fingerprint density at radius 1 is 1.38 bits per heavy atom. The molecule has 1 heterocycles. The average molecular weight is 522 g/mol. The molecule has 0 spiro atoms. The number of rotatable bonds is 5. The quantitative estimate of drug-likeness (QED) is 0.578. The van der Waals surface area contributed by atoms with Gasteiger partial charge in [-0.25, -0.2) is 8.42 Å². The lowest BCUT2D eigenvalue weighted by Crippen LogP contribution is -2.13. The number of sulfonamides is 1. The molecule has 114 valence electrons. The molecule has 0 unspecified atom stereocenters. The minimum Gasteiger partial charge on any atom is -0.315 e. The molecule has 0 aliphatic heterocycles. The van der Waals surface area contributed by atoms with Crippen molar-refractivity contribution >= 4 is 77.2 Å². The first kappa shape index (κ1) is 17.5. The fourth-order valence-electron chi connectivity index (χ4n) is 1.61. The predicted molar refractivity (Wildman–Crippen MR) is 99.8 cm³/mol. The van der Waals surface area contributed by atoms with E-state index in [1.54, 1.807) is 24.3 Å². The van der Waals surface area contributed by atoms with Crippen molar-refractivity contribution in [2.45, 2.75) is 11.4 Å². The number of thiophene rings is 1. The predicted octanol–water partition coefficient (Wildman–Crippen LogP) is 4.29. The van der Waals surface area contributed by atoms with Crippen molar-refractivity contribution in [1.82, 2.24) is 5.32 Å². The van der Waals surface area contributed by atoms with Gasteiger partial charge >= 0.3 is 0 Å². The molecular weight excluding hydrogens is 511 g/mol. The van der Waals surface area contributed by atoms with Gasteiger partial charge in [-0.3, -0.25) is 4.72 Å². The maximum absolute atomic E-state index is 12.5. The van der Waals surface area contributed by atoms with Gasteiger partial charge in [-0.2, -0.15) is 0 Å². The first-order valence-corrected chi connectivity index (χ1v) is 10.3. The van der Waals surface area contributed by atoms with Crippen LogP contribution in [0.4, 0.5) is 5.69 Å². The van der Waals surface area contributed by atoms with Crippen LogP contribution in [0.25, 0.3) is 0 Å². The fourth-order valence-corrected chi connectivity index (χ4v) is 6.35. The molecule has 0 saturated carbocycles. The van der Waals surface area contributed by atoms with E-state index in [0.717, 1.165) is 8.45 Å². The largest absolute Gasteiger partial charge is 0.315 e. The van der Waals surface area contributed by atoms with Crippen LogP contribution in [0, 0.1) is 3.57 Å². The minimum atomic E-state index is -3.68. The van der Waals surface area contributed by atoms with Crippen LogP contribution in [0.1, 0.15) is 4.88 Å². The molecule has 0 atom stereocenters. The SMILES string of the molecule is CNCc1cc(S(=O)(=O)Nc2ccc(I)cc2Cl)c(Br)s1. The molecule has 0 amide bonds. The summed E-state index contributed by atoms with van der Waals surface area (Å²) >= 11 is 12.9. The number of benzene rings is 1. The zero-order valence-corrected chi connectivity index (χ0v) is 16.9. The fraction of sp³-hybridized carbons (Fsp3) is 0.167. The minimum absolute atomic E-state index is 0.215. The second kappa shape index (κ2) is 7.14.